The first kappa shape index (κ1) is 15.1. The van der Waals surface area contributed by atoms with Crippen LogP contribution in [-0.4, -0.2) is 36.7 Å². The van der Waals surface area contributed by atoms with Crippen LogP contribution in [0.5, 0.6) is 0 Å². The van der Waals surface area contributed by atoms with Gasteiger partial charge in [0.15, 0.2) is 0 Å². The van der Waals surface area contributed by atoms with Gasteiger partial charge in [0, 0.05) is 17.4 Å². The molecule has 0 radical (unpaired) electrons. The van der Waals surface area contributed by atoms with Crippen molar-refractivity contribution >= 4 is 17.9 Å². The molecule has 120 valence electrons. The molecule has 0 aromatic carbocycles. The number of rotatable bonds is 5. The highest BCUT2D eigenvalue weighted by Crippen LogP contribution is 2.58. The number of ether oxygens (including phenoxy) is 3. The molecule has 6 nitrogen and oxygen atoms in total. The normalized spacial score (nSPS) is 37.8. The van der Waals surface area contributed by atoms with E-state index in [1.54, 1.807) is 6.92 Å². The third-order valence-electron chi connectivity index (χ3n) is 5.09. The first-order valence-electron chi connectivity index (χ1n) is 7.62. The van der Waals surface area contributed by atoms with Gasteiger partial charge >= 0.3 is 17.9 Å². The standard InChI is InChI=1S/C16H20O6/c1-7(2)15(18)20-5-4-11(17)21-13-9-6-10-12(8(9)3)16(19)22-14(10)13/h8-10,12-14H,1,4-6H2,2-3H3. The van der Waals surface area contributed by atoms with Crippen LogP contribution in [0.2, 0.25) is 0 Å². The average molecular weight is 308 g/mol. The van der Waals surface area contributed by atoms with Crippen LogP contribution in [0.15, 0.2) is 12.2 Å². The van der Waals surface area contributed by atoms with E-state index in [-0.39, 0.29) is 54.9 Å². The summed E-state index contributed by atoms with van der Waals surface area (Å²) >= 11 is 0. The third-order valence-corrected chi connectivity index (χ3v) is 5.09. The van der Waals surface area contributed by atoms with Crippen molar-refractivity contribution in [2.24, 2.45) is 23.7 Å². The van der Waals surface area contributed by atoms with Crippen molar-refractivity contribution in [3.63, 3.8) is 0 Å². The summed E-state index contributed by atoms with van der Waals surface area (Å²) in [5.74, 6) is -0.566. The third kappa shape index (κ3) is 2.30. The van der Waals surface area contributed by atoms with Gasteiger partial charge in [-0.3, -0.25) is 9.59 Å². The number of carbonyl (C=O) groups excluding carboxylic acids is 3. The van der Waals surface area contributed by atoms with Crippen molar-refractivity contribution < 1.29 is 28.6 Å². The molecule has 1 heterocycles. The van der Waals surface area contributed by atoms with Gasteiger partial charge in [0.1, 0.15) is 18.8 Å². The number of fused-ring (bicyclic) bond motifs is 1. The lowest BCUT2D eigenvalue weighted by atomic mass is 9.80. The van der Waals surface area contributed by atoms with Crippen LogP contribution in [0.4, 0.5) is 0 Å². The minimum atomic E-state index is -0.520. The number of hydrogen-bond donors (Lipinski definition) is 0. The van der Waals surface area contributed by atoms with Gasteiger partial charge in [-0.25, -0.2) is 4.79 Å². The predicted molar refractivity (Wildman–Crippen MR) is 74.4 cm³/mol. The van der Waals surface area contributed by atoms with Crippen LogP contribution in [0.25, 0.3) is 0 Å². The second-order valence-electron chi connectivity index (χ2n) is 6.47. The van der Waals surface area contributed by atoms with Crippen molar-refractivity contribution in [3.05, 3.63) is 12.2 Å². The highest BCUT2D eigenvalue weighted by molar-refractivity contribution is 5.87. The average Bonchev–Trinajstić information content (AvgIpc) is 3.03. The van der Waals surface area contributed by atoms with Crippen LogP contribution < -0.4 is 0 Å². The van der Waals surface area contributed by atoms with E-state index in [4.69, 9.17) is 14.2 Å². The zero-order valence-corrected chi connectivity index (χ0v) is 12.7. The van der Waals surface area contributed by atoms with Crippen LogP contribution in [0.3, 0.4) is 0 Å². The Morgan fingerprint density at radius 2 is 2.09 bits per heavy atom. The fraction of sp³-hybridized carbons (Fsp3) is 0.688. The molecule has 1 saturated heterocycles. The molecule has 0 N–H and O–H groups in total. The van der Waals surface area contributed by atoms with Gasteiger partial charge < -0.3 is 14.2 Å². The molecule has 6 unspecified atom stereocenters. The minimum absolute atomic E-state index is 0.00855. The van der Waals surface area contributed by atoms with Gasteiger partial charge in [-0.2, -0.15) is 0 Å². The SMILES string of the molecule is C=C(C)C(=O)OCCC(=O)OC1C2CC3C1OC(=O)C3C2C. The van der Waals surface area contributed by atoms with E-state index < -0.39 is 11.9 Å². The van der Waals surface area contributed by atoms with Gasteiger partial charge in [0.25, 0.3) is 0 Å². The number of hydrogen-bond acceptors (Lipinski definition) is 6. The lowest BCUT2D eigenvalue weighted by Crippen LogP contribution is -2.39. The first-order chi connectivity index (χ1) is 10.4. The Morgan fingerprint density at radius 1 is 1.36 bits per heavy atom. The quantitative estimate of drug-likeness (QED) is 0.432. The van der Waals surface area contributed by atoms with E-state index in [1.807, 2.05) is 6.92 Å². The number of carbonyl (C=O) groups is 3. The van der Waals surface area contributed by atoms with Gasteiger partial charge in [0.05, 0.1) is 12.3 Å². The minimum Gasteiger partial charge on any atom is -0.462 e. The van der Waals surface area contributed by atoms with E-state index in [1.165, 1.54) is 0 Å². The molecule has 3 rings (SSSR count). The monoisotopic (exact) mass is 308 g/mol. The summed E-state index contributed by atoms with van der Waals surface area (Å²) in [7, 11) is 0. The molecular weight excluding hydrogens is 288 g/mol. The Labute approximate surface area is 128 Å². The lowest BCUT2D eigenvalue weighted by molar-refractivity contribution is -0.163. The Balaban J connectivity index is 1.52. The summed E-state index contributed by atoms with van der Waals surface area (Å²) in [6.07, 6.45) is 0.226. The summed E-state index contributed by atoms with van der Waals surface area (Å²) in [5.41, 5.74) is 0.291. The first-order valence-corrected chi connectivity index (χ1v) is 7.62. The summed E-state index contributed by atoms with van der Waals surface area (Å²) < 4.78 is 15.8. The molecule has 2 bridgehead atoms. The maximum atomic E-state index is 11.9. The largest absolute Gasteiger partial charge is 0.462 e. The fourth-order valence-corrected chi connectivity index (χ4v) is 4.06. The van der Waals surface area contributed by atoms with E-state index in [0.717, 1.165) is 6.42 Å². The van der Waals surface area contributed by atoms with Crippen molar-refractivity contribution in [1.82, 2.24) is 0 Å². The molecule has 0 aromatic heterocycles. The Hall–Kier alpha value is -1.85. The molecule has 0 spiro atoms. The van der Waals surface area contributed by atoms with Crippen molar-refractivity contribution in [3.8, 4) is 0 Å². The summed E-state index contributed by atoms with van der Waals surface area (Å²) in [5, 5.41) is 0. The Morgan fingerprint density at radius 3 is 2.77 bits per heavy atom. The smallest absolute Gasteiger partial charge is 0.333 e. The van der Waals surface area contributed by atoms with Gasteiger partial charge in [-0.05, 0) is 19.3 Å². The van der Waals surface area contributed by atoms with Crippen LogP contribution in [0.1, 0.15) is 26.7 Å². The van der Waals surface area contributed by atoms with Crippen molar-refractivity contribution in [2.75, 3.05) is 6.61 Å². The molecule has 6 atom stereocenters. The maximum absolute atomic E-state index is 11.9. The summed E-state index contributed by atoms with van der Waals surface area (Å²) in [6.45, 7) is 7.00. The maximum Gasteiger partial charge on any atom is 0.333 e. The molecule has 6 heteroatoms. The zero-order valence-electron chi connectivity index (χ0n) is 12.7. The fourth-order valence-electron chi connectivity index (χ4n) is 4.06. The number of esters is 3. The molecule has 22 heavy (non-hydrogen) atoms. The molecule has 3 fully saturated rings. The van der Waals surface area contributed by atoms with E-state index >= 15 is 0 Å². The Bertz CT molecular complexity index is 539. The lowest BCUT2D eigenvalue weighted by Gasteiger charge is -2.29. The highest BCUT2D eigenvalue weighted by atomic mass is 16.6. The Kier molecular flexibility index (Phi) is 3.70. The van der Waals surface area contributed by atoms with E-state index in [2.05, 4.69) is 6.58 Å². The molecule has 0 amide bonds. The van der Waals surface area contributed by atoms with Crippen molar-refractivity contribution in [1.29, 1.82) is 0 Å². The molecule has 2 saturated carbocycles. The van der Waals surface area contributed by atoms with E-state index in [0.29, 0.717) is 5.57 Å². The molecular formula is C16H20O6. The van der Waals surface area contributed by atoms with Crippen molar-refractivity contribution in [2.45, 2.75) is 38.9 Å². The van der Waals surface area contributed by atoms with Gasteiger partial charge in [-0.1, -0.05) is 13.5 Å². The topological polar surface area (TPSA) is 78.9 Å². The zero-order chi connectivity index (χ0) is 16.0. The molecule has 1 aliphatic heterocycles. The molecule has 3 aliphatic rings. The second kappa shape index (κ2) is 5.41. The van der Waals surface area contributed by atoms with E-state index in [9.17, 15) is 14.4 Å². The van der Waals surface area contributed by atoms with Gasteiger partial charge in [0.2, 0.25) is 0 Å². The van der Waals surface area contributed by atoms with Crippen LogP contribution in [0, 0.1) is 23.7 Å². The molecule has 0 aromatic rings. The van der Waals surface area contributed by atoms with Crippen LogP contribution in [-0.2, 0) is 28.6 Å². The summed E-state index contributed by atoms with van der Waals surface area (Å²) in [6, 6.07) is 0. The highest BCUT2D eigenvalue weighted by Gasteiger charge is 2.66. The van der Waals surface area contributed by atoms with Crippen LogP contribution >= 0.6 is 0 Å². The van der Waals surface area contributed by atoms with Gasteiger partial charge in [-0.15, -0.1) is 0 Å². The second-order valence-corrected chi connectivity index (χ2v) is 6.47. The predicted octanol–water partition coefficient (Wildman–Crippen LogP) is 1.23. The molecule has 2 aliphatic carbocycles. The summed E-state index contributed by atoms with van der Waals surface area (Å²) in [4.78, 5) is 35.0.